The minimum Gasteiger partial charge on any atom is -0.360 e. The Morgan fingerprint density at radius 3 is 2.52 bits per heavy atom. The van der Waals surface area contributed by atoms with Gasteiger partial charge in [0.1, 0.15) is 5.75 Å². The molecule has 0 aliphatic heterocycles. The second-order valence-corrected chi connectivity index (χ2v) is 8.02. The molecule has 0 radical (unpaired) electrons. The van der Waals surface area contributed by atoms with E-state index in [1.165, 1.54) is 0 Å². The van der Waals surface area contributed by atoms with Gasteiger partial charge in [0, 0.05) is 10.5 Å². The van der Waals surface area contributed by atoms with Crippen molar-refractivity contribution in [1.29, 1.82) is 0 Å². The lowest BCUT2D eigenvalue weighted by Crippen LogP contribution is -2.35. The quantitative estimate of drug-likeness (QED) is 0.877. The van der Waals surface area contributed by atoms with Gasteiger partial charge in [-0.2, -0.15) is 0 Å². The monoisotopic (exact) mass is 370 g/mol. The van der Waals surface area contributed by atoms with E-state index in [0.717, 1.165) is 22.9 Å². The van der Waals surface area contributed by atoms with Crippen LogP contribution in [0.4, 0.5) is 0 Å². The highest BCUT2D eigenvalue weighted by Gasteiger charge is 2.47. The van der Waals surface area contributed by atoms with Crippen molar-refractivity contribution >= 4 is 26.0 Å². The summed E-state index contributed by atoms with van der Waals surface area (Å²) in [5.41, 5.74) is 1.20. The van der Waals surface area contributed by atoms with E-state index in [-0.39, 0.29) is 5.75 Å². The van der Waals surface area contributed by atoms with Crippen molar-refractivity contribution in [3.63, 3.8) is 0 Å². The molecule has 1 aromatic heterocycles. The summed E-state index contributed by atoms with van der Waals surface area (Å²) < 4.78 is 33.4. The van der Waals surface area contributed by atoms with Gasteiger partial charge < -0.3 is 4.52 Å². The maximum Gasteiger partial charge on any atom is 0.219 e. The van der Waals surface area contributed by atoms with Crippen LogP contribution in [0.5, 0.6) is 0 Å². The van der Waals surface area contributed by atoms with E-state index in [9.17, 15) is 8.42 Å². The summed E-state index contributed by atoms with van der Waals surface area (Å²) in [6, 6.07) is 9.36. The molecule has 0 unspecified atom stereocenters. The van der Waals surface area contributed by atoms with Crippen LogP contribution in [-0.2, 0) is 21.3 Å². The van der Waals surface area contributed by atoms with Crippen LogP contribution in [0.2, 0.25) is 0 Å². The largest absolute Gasteiger partial charge is 0.360 e. The van der Waals surface area contributed by atoms with Crippen molar-refractivity contribution in [3.05, 3.63) is 51.8 Å². The number of halogens is 1. The van der Waals surface area contributed by atoms with Gasteiger partial charge >= 0.3 is 0 Å². The molecule has 0 saturated heterocycles. The second-order valence-electron chi connectivity index (χ2n) is 5.38. The number of nitrogens with zero attached hydrogens (tertiary/aromatic N) is 1. The molecule has 3 rings (SSSR count). The van der Waals surface area contributed by atoms with Crippen LogP contribution in [0.25, 0.3) is 0 Å². The van der Waals surface area contributed by atoms with E-state index in [4.69, 9.17) is 4.52 Å². The van der Waals surface area contributed by atoms with Crippen molar-refractivity contribution in [2.45, 2.75) is 31.1 Å². The summed E-state index contributed by atoms with van der Waals surface area (Å²) >= 11 is 3.38. The third kappa shape index (κ3) is 3.36. The molecule has 1 heterocycles. The summed E-state index contributed by atoms with van der Waals surface area (Å²) in [5, 5.41) is 3.71. The molecule has 0 spiro atoms. The van der Waals surface area contributed by atoms with Gasteiger partial charge in [-0.25, -0.2) is 13.1 Å². The molecule has 2 aromatic rings. The van der Waals surface area contributed by atoms with Crippen molar-refractivity contribution in [2.24, 2.45) is 0 Å². The van der Waals surface area contributed by atoms with Crippen LogP contribution in [0.15, 0.2) is 39.3 Å². The average molecular weight is 371 g/mol. The number of sulfonamides is 1. The average Bonchev–Trinajstić information content (AvgIpc) is 3.05. The van der Waals surface area contributed by atoms with E-state index < -0.39 is 15.6 Å². The second kappa shape index (κ2) is 5.23. The summed E-state index contributed by atoms with van der Waals surface area (Å²) in [6.07, 6.45) is 1.62. The number of benzene rings is 1. The minimum absolute atomic E-state index is 0.188. The van der Waals surface area contributed by atoms with Crippen LogP contribution in [0, 0.1) is 6.92 Å². The Labute approximate surface area is 131 Å². The fourth-order valence-corrected chi connectivity index (χ4v) is 4.11. The van der Waals surface area contributed by atoms with Gasteiger partial charge in [0.2, 0.25) is 10.0 Å². The number of aromatic nitrogens is 1. The lowest BCUT2D eigenvalue weighted by molar-refractivity contribution is 0.388. The van der Waals surface area contributed by atoms with E-state index >= 15 is 0 Å². The van der Waals surface area contributed by atoms with E-state index in [0.29, 0.717) is 11.5 Å². The molecule has 7 heteroatoms. The van der Waals surface area contributed by atoms with Crippen molar-refractivity contribution in [2.75, 3.05) is 0 Å². The highest BCUT2D eigenvalue weighted by atomic mass is 79.9. The van der Waals surface area contributed by atoms with Crippen LogP contribution < -0.4 is 4.72 Å². The molecule has 5 nitrogen and oxygen atoms in total. The Morgan fingerprint density at radius 2 is 2.00 bits per heavy atom. The lowest BCUT2D eigenvalue weighted by atomic mass is 10.1. The van der Waals surface area contributed by atoms with Gasteiger partial charge in [-0.1, -0.05) is 33.2 Å². The predicted octanol–water partition coefficient (Wildman–Crippen LogP) is 2.85. The van der Waals surface area contributed by atoms with Gasteiger partial charge in [0.05, 0.1) is 11.2 Å². The standard InChI is InChI=1S/C14H15BrN2O3S/c1-10-8-13(20-16-10)9-21(18,19)17-14(6-7-14)11-2-4-12(15)5-3-11/h2-5,8,17H,6-7,9H2,1H3. The number of hydrogen-bond donors (Lipinski definition) is 1. The third-order valence-corrected chi connectivity index (χ3v) is 5.40. The Bertz CT molecular complexity index is 749. The van der Waals surface area contributed by atoms with E-state index in [2.05, 4.69) is 25.8 Å². The first-order chi connectivity index (χ1) is 9.89. The van der Waals surface area contributed by atoms with E-state index in [1.54, 1.807) is 13.0 Å². The zero-order valence-electron chi connectivity index (χ0n) is 11.5. The van der Waals surface area contributed by atoms with Gasteiger partial charge in [-0.05, 0) is 37.5 Å². The highest BCUT2D eigenvalue weighted by molar-refractivity contribution is 9.10. The summed E-state index contributed by atoms with van der Waals surface area (Å²) in [6.45, 7) is 1.76. The van der Waals surface area contributed by atoms with Gasteiger partial charge in [-0.3, -0.25) is 0 Å². The SMILES string of the molecule is Cc1cc(CS(=O)(=O)NC2(c3ccc(Br)cc3)CC2)on1. The van der Waals surface area contributed by atoms with Crippen LogP contribution in [0.3, 0.4) is 0 Å². The molecule has 21 heavy (non-hydrogen) atoms. The smallest absolute Gasteiger partial charge is 0.219 e. The molecule has 1 fully saturated rings. The summed E-state index contributed by atoms with van der Waals surface area (Å²) in [7, 11) is -3.47. The zero-order valence-corrected chi connectivity index (χ0v) is 13.9. The fourth-order valence-electron chi connectivity index (χ4n) is 2.35. The number of hydrogen-bond acceptors (Lipinski definition) is 4. The highest BCUT2D eigenvalue weighted by Crippen LogP contribution is 2.46. The van der Waals surface area contributed by atoms with Crippen LogP contribution in [0.1, 0.15) is 29.9 Å². The molecule has 1 aliphatic rings. The topological polar surface area (TPSA) is 72.2 Å². The lowest BCUT2D eigenvalue weighted by Gasteiger charge is -2.17. The maximum atomic E-state index is 12.3. The number of rotatable bonds is 5. The first-order valence-electron chi connectivity index (χ1n) is 6.58. The first kappa shape index (κ1) is 14.7. The van der Waals surface area contributed by atoms with Crippen LogP contribution >= 0.6 is 15.9 Å². The molecule has 1 aliphatic carbocycles. The van der Waals surface area contributed by atoms with Gasteiger partial charge in [0.25, 0.3) is 0 Å². The normalized spacial score (nSPS) is 16.9. The number of nitrogens with one attached hydrogen (secondary N) is 1. The Balaban J connectivity index is 1.77. The summed E-state index contributed by atoms with van der Waals surface area (Å²) in [5.74, 6) is 0.165. The van der Waals surface area contributed by atoms with Gasteiger partial charge in [-0.15, -0.1) is 0 Å². The molecule has 1 aromatic carbocycles. The predicted molar refractivity (Wildman–Crippen MR) is 82.1 cm³/mol. The molecule has 0 atom stereocenters. The maximum absolute atomic E-state index is 12.3. The Morgan fingerprint density at radius 1 is 1.33 bits per heavy atom. The summed E-state index contributed by atoms with van der Waals surface area (Å²) in [4.78, 5) is 0. The number of aryl methyl sites for hydroxylation is 1. The molecule has 1 N–H and O–H groups in total. The molecule has 112 valence electrons. The molecule has 0 amide bonds. The van der Waals surface area contributed by atoms with Crippen LogP contribution in [-0.4, -0.2) is 13.6 Å². The molecular weight excluding hydrogens is 356 g/mol. The van der Waals surface area contributed by atoms with Crippen molar-refractivity contribution in [1.82, 2.24) is 9.88 Å². The van der Waals surface area contributed by atoms with E-state index in [1.807, 2.05) is 24.3 Å². The Hall–Kier alpha value is -1.18. The zero-order chi connectivity index (χ0) is 15.1. The molecule has 1 saturated carbocycles. The third-order valence-electron chi connectivity index (χ3n) is 3.51. The van der Waals surface area contributed by atoms with Crippen molar-refractivity contribution < 1.29 is 12.9 Å². The van der Waals surface area contributed by atoms with Gasteiger partial charge in [0.15, 0.2) is 5.76 Å². The fraction of sp³-hybridized carbons (Fsp3) is 0.357. The van der Waals surface area contributed by atoms with Crippen molar-refractivity contribution in [3.8, 4) is 0 Å². The first-order valence-corrected chi connectivity index (χ1v) is 9.03. The minimum atomic E-state index is -3.47. The Kier molecular flexibility index (Phi) is 3.67. The molecule has 0 bridgehead atoms. The molecular formula is C14H15BrN2O3S.